The molecule has 3 aromatic rings. The molecule has 0 unspecified atom stereocenters. The van der Waals surface area contributed by atoms with Crippen LogP contribution < -0.4 is 4.90 Å². The molecule has 4 rings (SSSR count). The summed E-state index contributed by atoms with van der Waals surface area (Å²) in [7, 11) is 1.84. The van der Waals surface area contributed by atoms with Gasteiger partial charge in [-0.05, 0) is 30.7 Å². The Bertz CT molecular complexity index is 911. The lowest BCUT2D eigenvalue weighted by molar-refractivity contribution is 0.0973. The van der Waals surface area contributed by atoms with E-state index < -0.39 is 0 Å². The number of aryl methyl sites for hydroxylation is 2. The van der Waals surface area contributed by atoms with Crippen molar-refractivity contribution < 1.29 is 9.18 Å². The van der Waals surface area contributed by atoms with E-state index in [9.17, 15) is 9.18 Å². The first-order valence-electron chi connectivity index (χ1n) is 7.90. The van der Waals surface area contributed by atoms with Gasteiger partial charge in [-0.15, -0.1) is 0 Å². The van der Waals surface area contributed by atoms with Crippen LogP contribution in [0.5, 0.6) is 0 Å². The minimum Gasteiger partial charge on any atom is -0.347 e. The number of carbonyl (C=O) groups is 1. The summed E-state index contributed by atoms with van der Waals surface area (Å²) in [6.07, 6.45) is 4.50. The van der Waals surface area contributed by atoms with Gasteiger partial charge in [0.15, 0.2) is 0 Å². The van der Waals surface area contributed by atoms with Crippen LogP contribution in [-0.4, -0.2) is 26.6 Å². The van der Waals surface area contributed by atoms with Crippen molar-refractivity contribution in [2.75, 3.05) is 11.4 Å². The molecule has 0 saturated heterocycles. The molecular weight excluding hydrogens is 307 g/mol. The van der Waals surface area contributed by atoms with Gasteiger partial charge in [0.1, 0.15) is 11.5 Å². The Labute approximate surface area is 139 Å². The van der Waals surface area contributed by atoms with Gasteiger partial charge in [-0.2, -0.15) is 0 Å². The predicted molar refractivity (Wildman–Crippen MR) is 89.3 cm³/mol. The van der Waals surface area contributed by atoms with Gasteiger partial charge in [-0.1, -0.05) is 12.1 Å². The number of aromatic nitrogens is 3. The molecule has 0 saturated carbocycles. The van der Waals surface area contributed by atoms with Crippen LogP contribution in [0.3, 0.4) is 0 Å². The molecule has 1 aromatic carbocycles. The van der Waals surface area contributed by atoms with Crippen LogP contribution in [0.2, 0.25) is 0 Å². The van der Waals surface area contributed by atoms with Gasteiger partial charge in [0.2, 0.25) is 5.95 Å². The number of imidazole rings is 1. The number of hydrogen-bond donors (Lipinski definition) is 0. The van der Waals surface area contributed by atoms with Crippen molar-refractivity contribution in [3.8, 4) is 11.3 Å². The number of anilines is 1. The van der Waals surface area contributed by atoms with E-state index in [1.165, 1.54) is 6.07 Å². The Morgan fingerprint density at radius 2 is 2.00 bits per heavy atom. The van der Waals surface area contributed by atoms with Crippen LogP contribution in [0.1, 0.15) is 16.9 Å². The number of rotatable bonds is 2. The number of benzene rings is 1. The average Bonchev–Trinajstić information content (AvgIpc) is 3.20. The third-order valence-electron chi connectivity index (χ3n) is 4.34. The van der Waals surface area contributed by atoms with Gasteiger partial charge >= 0.3 is 0 Å². The second kappa shape index (κ2) is 5.63. The van der Waals surface area contributed by atoms with Gasteiger partial charge in [-0.25, -0.2) is 9.37 Å². The molecule has 0 spiro atoms. The molecular formula is C18H17FN4O. The van der Waals surface area contributed by atoms with Gasteiger partial charge in [-0.3, -0.25) is 9.69 Å². The van der Waals surface area contributed by atoms with Crippen molar-refractivity contribution >= 4 is 11.9 Å². The third-order valence-corrected chi connectivity index (χ3v) is 4.34. The van der Waals surface area contributed by atoms with Crippen molar-refractivity contribution in [3.05, 3.63) is 60.3 Å². The molecule has 0 N–H and O–H groups in total. The maximum absolute atomic E-state index is 14.0. The Hall–Kier alpha value is -2.89. The molecule has 0 radical (unpaired) electrons. The minimum atomic E-state index is -0.312. The van der Waals surface area contributed by atoms with Crippen LogP contribution in [-0.2, 0) is 13.6 Å². The van der Waals surface area contributed by atoms with E-state index in [0.717, 1.165) is 13.0 Å². The number of amides is 1. The molecule has 1 aliphatic rings. The summed E-state index contributed by atoms with van der Waals surface area (Å²) in [5, 5.41) is 0. The summed E-state index contributed by atoms with van der Waals surface area (Å²) >= 11 is 0. The number of halogens is 1. The van der Waals surface area contributed by atoms with E-state index in [0.29, 0.717) is 29.4 Å². The van der Waals surface area contributed by atoms with Crippen molar-refractivity contribution in [1.82, 2.24) is 14.1 Å². The fourth-order valence-electron chi connectivity index (χ4n) is 3.10. The van der Waals surface area contributed by atoms with E-state index in [-0.39, 0.29) is 11.7 Å². The molecule has 0 aliphatic carbocycles. The molecule has 1 amide bonds. The first kappa shape index (κ1) is 14.7. The Kier molecular flexibility index (Phi) is 3.45. The summed E-state index contributed by atoms with van der Waals surface area (Å²) < 4.78 is 17.8. The zero-order valence-corrected chi connectivity index (χ0v) is 13.3. The van der Waals surface area contributed by atoms with Crippen LogP contribution in [0.4, 0.5) is 10.3 Å². The van der Waals surface area contributed by atoms with Crippen LogP contribution in [0.15, 0.2) is 48.8 Å². The monoisotopic (exact) mass is 324 g/mol. The molecule has 0 atom stereocenters. The summed E-state index contributed by atoms with van der Waals surface area (Å²) in [6, 6.07) is 10.2. The molecule has 5 nitrogen and oxygen atoms in total. The average molecular weight is 324 g/mol. The van der Waals surface area contributed by atoms with E-state index in [1.54, 1.807) is 33.7 Å². The minimum absolute atomic E-state index is 0.0888. The lowest BCUT2D eigenvalue weighted by Gasteiger charge is -2.27. The third kappa shape index (κ3) is 2.31. The highest BCUT2D eigenvalue weighted by molar-refractivity contribution is 6.04. The van der Waals surface area contributed by atoms with E-state index >= 15 is 0 Å². The van der Waals surface area contributed by atoms with E-state index in [4.69, 9.17) is 0 Å². The highest BCUT2D eigenvalue weighted by atomic mass is 19.1. The fraction of sp³-hybridized carbons (Fsp3) is 0.222. The topological polar surface area (TPSA) is 43.1 Å². The molecule has 1 aliphatic heterocycles. The van der Waals surface area contributed by atoms with Crippen molar-refractivity contribution in [2.24, 2.45) is 7.05 Å². The van der Waals surface area contributed by atoms with Gasteiger partial charge in [0.25, 0.3) is 5.91 Å². The van der Waals surface area contributed by atoms with Crippen molar-refractivity contribution in [3.63, 3.8) is 0 Å². The Morgan fingerprint density at radius 3 is 2.75 bits per heavy atom. The van der Waals surface area contributed by atoms with E-state index in [2.05, 4.69) is 4.98 Å². The first-order valence-corrected chi connectivity index (χ1v) is 7.90. The molecule has 2 aromatic heterocycles. The predicted octanol–water partition coefficient (Wildman–Crippen LogP) is 3.08. The Morgan fingerprint density at radius 1 is 1.17 bits per heavy atom. The van der Waals surface area contributed by atoms with Crippen molar-refractivity contribution in [2.45, 2.75) is 13.0 Å². The largest absolute Gasteiger partial charge is 0.347 e. The quantitative estimate of drug-likeness (QED) is 0.727. The second-order valence-corrected chi connectivity index (χ2v) is 5.91. The molecule has 0 fully saturated rings. The van der Waals surface area contributed by atoms with Gasteiger partial charge in [0.05, 0.1) is 5.69 Å². The molecule has 3 heterocycles. The molecule has 6 heteroatoms. The number of hydrogen-bond acceptors (Lipinski definition) is 2. The maximum atomic E-state index is 14.0. The van der Waals surface area contributed by atoms with Crippen LogP contribution in [0, 0.1) is 5.82 Å². The normalized spacial score (nSPS) is 13.8. The van der Waals surface area contributed by atoms with Crippen LogP contribution in [0.25, 0.3) is 11.3 Å². The van der Waals surface area contributed by atoms with E-state index in [1.807, 2.05) is 30.1 Å². The lowest BCUT2D eigenvalue weighted by atomic mass is 10.1. The highest BCUT2D eigenvalue weighted by Crippen LogP contribution is 2.28. The highest BCUT2D eigenvalue weighted by Gasteiger charge is 2.27. The summed E-state index contributed by atoms with van der Waals surface area (Å²) in [5.74, 6) is 0.174. The number of carbonyl (C=O) groups excluding carboxylic acids is 1. The van der Waals surface area contributed by atoms with Gasteiger partial charge in [0, 0.05) is 38.1 Å². The zero-order valence-electron chi connectivity index (χ0n) is 13.3. The summed E-state index contributed by atoms with van der Waals surface area (Å²) in [4.78, 5) is 19.0. The first-order chi connectivity index (χ1) is 11.6. The zero-order chi connectivity index (χ0) is 16.7. The number of nitrogens with zero attached hydrogens (tertiary/aromatic N) is 4. The van der Waals surface area contributed by atoms with Crippen molar-refractivity contribution in [1.29, 1.82) is 0 Å². The fourth-order valence-corrected chi connectivity index (χ4v) is 3.10. The lowest BCUT2D eigenvalue weighted by Crippen LogP contribution is -2.38. The maximum Gasteiger partial charge on any atom is 0.277 e. The second-order valence-electron chi connectivity index (χ2n) is 5.91. The number of fused-ring (bicyclic) bond motifs is 1. The molecule has 24 heavy (non-hydrogen) atoms. The standard InChI is InChI=1S/C18H17FN4O/c1-21-9-4-8-16(21)17(24)23-11-5-10-22-12-15(20-18(22)23)13-6-2-3-7-14(13)19/h2-4,6-9,12H,5,10-11H2,1H3. The smallest absolute Gasteiger partial charge is 0.277 e. The summed E-state index contributed by atoms with van der Waals surface area (Å²) in [6.45, 7) is 1.38. The van der Waals surface area contributed by atoms with Gasteiger partial charge < -0.3 is 9.13 Å². The molecule has 0 bridgehead atoms. The Balaban J connectivity index is 1.75. The SMILES string of the molecule is Cn1cccc1C(=O)N1CCCn2cc(-c3ccccc3F)nc21. The van der Waals surface area contributed by atoms with Crippen LogP contribution >= 0.6 is 0 Å². The molecule has 122 valence electrons. The summed E-state index contributed by atoms with van der Waals surface area (Å²) in [5.41, 5.74) is 1.61.